The van der Waals surface area contributed by atoms with Crippen LogP contribution < -0.4 is 14.8 Å². The summed E-state index contributed by atoms with van der Waals surface area (Å²) in [7, 11) is -0.471. The number of methoxy groups -OCH3 is 1. The molecule has 0 aromatic heterocycles. The molecule has 0 fully saturated rings. The van der Waals surface area contributed by atoms with Crippen LogP contribution in [0.3, 0.4) is 0 Å². The van der Waals surface area contributed by atoms with Gasteiger partial charge in [-0.1, -0.05) is 44.2 Å². The number of ether oxygens (including phenoxy) is 2. The van der Waals surface area contributed by atoms with Crippen LogP contribution in [0, 0.1) is 5.92 Å². The first kappa shape index (κ1) is 30.2. The van der Waals surface area contributed by atoms with Gasteiger partial charge in [-0.2, -0.15) is 0 Å². The lowest BCUT2D eigenvalue weighted by Crippen LogP contribution is -2.51. The minimum atomic E-state index is -3.73. The Hall–Kier alpha value is -3.31. The van der Waals surface area contributed by atoms with Crippen molar-refractivity contribution in [2.75, 3.05) is 45.1 Å². The van der Waals surface area contributed by atoms with Crippen molar-refractivity contribution in [1.29, 1.82) is 0 Å². The van der Waals surface area contributed by atoms with E-state index >= 15 is 0 Å². The third-order valence-corrected chi connectivity index (χ3v) is 7.96. The molecule has 0 saturated carbocycles. The van der Waals surface area contributed by atoms with E-state index in [1.165, 1.54) is 11.0 Å². The summed E-state index contributed by atoms with van der Waals surface area (Å²) < 4.78 is 40.0. The van der Waals surface area contributed by atoms with E-state index in [-0.39, 0.29) is 60.2 Å². The Balaban J connectivity index is 1.92. The van der Waals surface area contributed by atoms with Gasteiger partial charge in [0.2, 0.25) is 10.0 Å². The molecule has 0 spiro atoms. The number of urea groups is 1. The Kier molecular flexibility index (Phi) is 10.6. The zero-order chi connectivity index (χ0) is 28.6. The highest BCUT2D eigenvalue weighted by Gasteiger charge is 2.30. The van der Waals surface area contributed by atoms with E-state index in [1.54, 1.807) is 55.5 Å². The van der Waals surface area contributed by atoms with Crippen LogP contribution in [-0.2, 0) is 20.5 Å². The van der Waals surface area contributed by atoms with Crippen molar-refractivity contribution in [3.63, 3.8) is 0 Å². The second-order valence-corrected chi connectivity index (χ2v) is 11.8. The molecular formula is C28H40N4O6S. The largest absolute Gasteiger partial charge is 0.491 e. The fourth-order valence-electron chi connectivity index (χ4n) is 4.47. The number of likely N-dealkylation sites (N-methyl/N-ethyl adjacent to an activating group) is 1. The molecule has 3 atom stereocenters. The SMILES string of the molecule is CCCNC(=O)N1C[C@@H](C)[C@H](OC)CN(C)C(=O)c2cc(NS(=O)(=O)Cc3ccccc3)ccc2OC[C@H]1C. The van der Waals surface area contributed by atoms with Gasteiger partial charge in [-0.3, -0.25) is 9.52 Å². The van der Waals surface area contributed by atoms with Crippen LogP contribution in [0.15, 0.2) is 48.5 Å². The Morgan fingerprint density at radius 1 is 1.13 bits per heavy atom. The molecule has 3 rings (SSSR count). The first-order chi connectivity index (χ1) is 18.5. The number of benzene rings is 2. The summed E-state index contributed by atoms with van der Waals surface area (Å²) in [4.78, 5) is 29.8. The standard InChI is InChI=1S/C28H40N4O6S/c1-6-14-29-28(34)32-16-20(2)26(37-5)17-31(4)27(33)24-15-23(12-13-25(24)38-18-21(32)3)30-39(35,36)19-22-10-8-7-9-11-22/h7-13,15,20-21,26,30H,6,14,16-19H2,1-5H3,(H,29,34)/t20-,21-,26-/m1/s1. The van der Waals surface area contributed by atoms with Crippen molar-refractivity contribution in [2.24, 2.45) is 5.92 Å². The number of fused-ring (bicyclic) bond motifs is 1. The number of sulfonamides is 1. The molecule has 0 unspecified atom stereocenters. The average molecular weight is 561 g/mol. The number of nitrogens with one attached hydrogen (secondary N) is 2. The monoisotopic (exact) mass is 560 g/mol. The first-order valence-corrected chi connectivity index (χ1v) is 14.8. The number of hydrogen-bond acceptors (Lipinski definition) is 6. The van der Waals surface area contributed by atoms with Crippen LogP contribution in [-0.4, -0.2) is 82.7 Å². The Bertz CT molecular complexity index is 1220. The summed E-state index contributed by atoms with van der Waals surface area (Å²) in [6, 6.07) is 13.0. The van der Waals surface area contributed by atoms with Gasteiger partial charge >= 0.3 is 6.03 Å². The summed E-state index contributed by atoms with van der Waals surface area (Å²) >= 11 is 0. The van der Waals surface area contributed by atoms with Crippen LogP contribution in [0.1, 0.15) is 43.1 Å². The normalized spacial score (nSPS) is 20.7. The Labute approximate surface area is 231 Å². The topological polar surface area (TPSA) is 117 Å². The molecule has 0 bridgehead atoms. The van der Waals surface area contributed by atoms with Gasteiger partial charge in [-0.15, -0.1) is 0 Å². The van der Waals surface area contributed by atoms with Crippen molar-refractivity contribution in [3.05, 3.63) is 59.7 Å². The molecule has 1 heterocycles. The summed E-state index contributed by atoms with van der Waals surface area (Å²) in [5.41, 5.74) is 1.12. The maximum atomic E-state index is 13.5. The number of anilines is 1. The van der Waals surface area contributed by atoms with Crippen molar-refractivity contribution in [3.8, 4) is 5.75 Å². The molecule has 0 saturated heterocycles. The maximum Gasteiger partial charge on any atom is 0.317 e. The molecule has 39 heavy (non-hydrogen) atoms. The van der Waals surface area contributed by atoms with E-state index in [2.05, 4.69) is 10.0 Å². The first-order valence-electron chi connectivity index (χ1n) is 13.2. The molecule has 1 aliphatic rings. The number of hydrogen-bond donors (Lipinski definition) is 2. The smallest absolute Gasteiger partial charge is 0.317 e. The van der Waals surface area contributed by atoms with Crippen molar-refractivity contribution < 1.29 is 27.5 Å². The van der Waals surface area contributed by atoms with E-state index < -0.39 is 10.0 Å². The predicted octanol–water partition coefficient (Wildman–Crippen LogP) is 3.55. The summed E-state index contributed by atoms with van der Waals surface area (Å²) in [6.07, 6.45) is 0.488. The van der Waals surface area contributed by atoms with Gasteiger partial charge in [0.1, 0.15) is 12.4 Å². The van der Waals surface area contributed by atoms with Crippen LogP contribution >= 0.6 is 0 Å². The van der Waals surface area contributed by atoms with Gasteiger partial charge in [-0.05, 0) is 37.1 Å². The van der Waals surface area contributed by atoms with E-state index in [0.29, 0.717) is 24.4 Å². The van der Waals surface area contributed by atoms with Crippen LogP contribution in [0.25, 0.3) is 0 Å². The highest BCUT2D eigenvalue weighted by molar-refractivity contribution is 7.91. The lowest BCUT2D eigenvalue weighted by Gasteiger charge is -2.36. The predicted molar refractivity (Wildman–Crippen MR) is 151 cm³/mol. The molecule has 11 heteroatoms. The molecule has 2 aromatic carbocycles. The molecular weight excluding hydrogens is 520 g/mol. The molecule has 2 N–H and O–H groups in total. The number of rotatable bonds is 7. The third-order valence-electron chi connectivity index (χ3n) is 6.70. The van der Waals surface area contributed by atoms with Crippen molar-refractivity contribution in [1.82, 2.24) is 15.1 Å². The number of amides is 3. The lowest BCUT2D eigenvalue weighted by molar-refractivity contribution is 0.0166. The highest BCUT2D eigenvalue weighted by Crippen LogP contribution is 2.27. The lowest BCUT2D eigenvalue weighted by atomic mass is 10.0. The fourth-order valence-corrected chi connectivity index (χ4v) is 5.66. The molecule has 0 radical (unpaired) electrons. The molecule has 0 aliphatic carbocycles. The average Bonchev–Trinajstić information content (AvgIpc) is 2.91. The Morgan fingerprint density at radius 3 is 2.51 bits per heavy atom. The zero-order valence-electron chi connectivity index (χ0n) is 23.3. The summed E-state index contributed by atoms with van der Waals surface area (Å²) in [6.45, 7) is 7.28. The van der Waals surface area contributed by atoms with E-state index in [4.69, 9.17) is 9.47 Å². The maximum absolute atomic E-state index is 13.5. The molecule has 10 nitrogen and oxygen atoms in total. The van der Waals surface area contributed by atoms with Crippen LogP contribution in [0.2, 0.25) is 0 Å². The van der Waals surface area contributed by atoms with Crippen molar-refractivity contribution >= 4 is 27.6 Å². The number of nitrogens with zero attached hydrogens (tertiary/aromatic N) is 2. The summed E-state index contributed by atoms with van der Waals surface area (Å²) in [5, 5.41) is 2.94. The highest BCUT2D eigenvalue weighted by atomic mass is 32.2. The molecule has 3 amide bonds. The van der Waals surface area contributed by atoms with Crippen LogP contribution in [0.5, 0.6) is 5.75 Å². The third kappa shape index (κ3) is 8.34. The van der Waals surface area contributed by atoms with Gasteiger partial charge in [0.05, 0.1) is 23.5 Å². The van der Waals surface area contributed by atoms with Gasteiger partial charge < -0.3 is 24.6 Å². The van der Waals surface area contributed by atoms with Gasteiger partial charge in [-0.25, -0.2) is 13.2 Å². The van der Waals surface area contributed by atoms with Gasteiger partial charge in [0.15, 0.2) is 0 Å². The summed E-state index contributed by atoms with van der Waals surface area (Å²) in [5.74, 6) is -0.290. The number of carbonyl (C=O) groups excluding carboxylic acids is 2. The molecule has 1 aliphatic heterocycles. The van der Waals surface area contributed by atoms with Gasteiger partial charge in [0, 0.05) is 45.4 Å². The second-order valence-electron chi connectivity index (χ2n) is 10.0. The van der Waals surface area contributed by atoms with Crippen molar-refractivity contribution in [2.45, 2.75) is 45.1 Å². The minimum Gasteiger partial charge on any atom is -0.491 e. The second kappa shape index (κ2) is 13.7. The quantitative estimate of drug-likeness (QED) is 0.535. The number of carbonyl (C=O) groups is 2. The van der Waals surface area contributed by atoms with E-state index in [0.717, 1.165) is 6.42 Å². The fraction of sp³-hybridized carbons (Fsp3) is 0.500. The van der Waals surface area contributed by atoms with E-state index in [1.807, 2.05) is 26.8 Å². The van der Waals surface area contributed by atoms with Gasteiger partial charge in [0.25, 0.3) is 5.91 Å². The minimum absolute atomic E-state index is 0.0740. The Morgan fingerprint density at radius 2 is 1.85 bits per heavy atom. The molecule has 2 aromatic rings. The van der Waals surface area contributed by atoms with Crippen LogP contribution in [0.4, 0.5) is 10.5 Å². The zero-order valence-corrected chi connectivity index (χ0v) is 24.2. The molecule has 214 valence electrons. The van der Waals surface area contributed by atoms with E-state index in [9.17, 15) is 18.0 Å².